The molecule has 1 N–H and O–H groups in total. The van der Waals surface area contributed by atoms with E-state index >= 15 is 0 Å². The van der Waals surface area contributed by atoms with E-state index in [1.165, 1.54) is 11.3 Å². The lowest BCUT2D eigenvalue weighted by molar-refractivity contribution is -0.120. The summed E-state index contributed by atoms with van der Waals surface area (Å²) in [5.41, 5.74) is 0.887. The van der Waals surface area contributed by atoms with Gasteiger partial charge in [-0.1, -0.05) is 23.7 Å². The van der Waals surface area contributed by atoms with Crippen LogP contribution in [0.5, 0.6) is 0 Å². The van der Waals surface area contributed by atoms with Crippen molar-refractivity contribution in [3.8, 4) is 11.1 Å². The molecule has 1 heterocycles. The lowest BCUT2D eigenvalue weighted by atomic mass is 10.0. The Labute approximate surface area is 176 Å². The molecule has 2 aromatic rings. The van der Waals surface area contributed by atoms with Crippen molar-refractivity contribution in [3.63, 3.8) is 0 Å². The highest BCUT2D eigenvalue weighted by Gasteiger charge is 2.68. The van der Waals surface area contributed by atoms with Gasteiger partial charge >= 0.3 is 5.97 Å². The quantitative estimate of drug-likeness (QED) is 0.442. The van der Waals surface area contributed by atoms with E-state index in [9.17, 15) is 9.59 Å². The fraction of sp³-hybridized carbons (Fsp3) is 0.368. The van der Waals surface area contributed by atoms with Crippen LogP contribution >= 0.6 is 46.1 Å². The average molecular weight is 447 g/mol. The normalized spacial score (nSPS) is 20.4. The van der Waals surface area contributed by atoms with Gasteiger partial charge in [-0.2, -0.15) is 0 Å². The number of carbonyl (C=O) groups is 2. The second kappa shape index (κ2) is 7.28. The number of esters is 1. The number of nitrogens with one attached hydrogen (secondary N) is 1. The van der Waals surface area contributed by atoms with E-state index in [1.54, 1.807) is 38.3 Å². The number of ether oxygens (including phenoxy) is 1. The predicted octanol–water partition coefficient (Wildman–Crippen LogP) is 6.16. The van der Waals surface area contributed by atoms with Gasteiger partial charge < -0.3 is 10.1 Å². The van der Waals surface area contributed by atoms with Crippen molar-refractivity contribution >= 4 is 63.0 Å². The number of anilines is 1. The van der Waals surface area contributed by atoms with Crippen LogP contribution in [-0.4, -0.2) is 22.3 Å². The van der Waals surface area contributed by atoms with Gasteiger partial charge in [0.25, 0.3) is 0 Å². The minimum atomic E-state index is -1.09. The highest BCUT2D eigenvalue weighted by molar-refractivity contribution is 7.15. The van der Waals surface area contributed by atoms with Gasteiger partial charge in [0.2, 0.25) is 5.91 Å². The van der Waals surface area contributed by atoms with Crippen molar-refractivity contribution in [1.82, 2.24) is 0 Å². The zero-order chi connectivity index (χ0) is 20.0. The largest absolute Gasteiger partial charge is 0.459 e. The van der Waals surface area contributed by atoms with Gasteiger partial charge in [-0.25, -0.2) is 4.79 Å². The molecular weight excluding hydrogens is 429 g/mol. The first-order valence-electron chi connectivity index (χ1n) is 8.33. The summed E-state index contributed by atoms with van der Waals surface area (Å²) in [6.07, 6.45) is 0.0640. The van der Waals surface area contributed by atoms with Crippen LogP contribution in [0.4, 0.5) is 5.00 Å². The van der Waals surface area contributed by atoms with Crippen molar-refractivity contribution in [3.05, 3.63) is 40.2 Å². The van der Waals surface area contributed by atoms with Crippen LogP contribution in [0.25, 0.3) is 11.1 Å². The molecule has 3 rings (SSSR count). The molecule has 1 fully saturated rings. The third-order valence-electron chi connectivity index (χ3n) is 4.48. The second-order valence-corrected chi connectivity index (χ2v) is 9.78. The van der Waals surface area contributed by atoms with Crippen LogP contribution in [0.1, 0.15) is 37.6 Å². The molecule has 0 bridgehead atoms. The standard InChI is InChI=1S/C19H18Cl3NO3S/c1-10(2)26-16(24)14-13(11-4-6-12(20)7-5-11)8-27-15(14)23-17(25)18(3)9-19(18,21)22/h4-8,10H,9H2,1-3H3,(H,23,25)/t18-/m0/s1. The molecule has 1 aromatic carbocycles. The van der Waals surface area contributed by atoms with Gasteiger partial charge in [0, 0.05) is 16.0 Å². The summed E-state index contributed by atoms with van der Waals surface area (Å²) in [5.74, 6) is -0.828. The topological polar surface area (TPSA) is 55.4 Å². The Bertz CT molecular complexity index is 892. The molecule has 1 saturated carbocycles. The van der Waals surface area contributed by atoms with Crippen molar-refractivity contribution in [2.45, 2.75) is 37.6 Å². The van der Waals surface area contributed by atoms with Crippen molar-refractivity contribution in [2.24, 2.45) is 5.41 Å². The van der Waals surface area contributed by atoms with Crippen LogP contribution in [0.2, 0.25) is 5.02 Å². The number of benzene rings is 1. The number of alkyl halides is 2. The zero-order valence-electron chi connectivity index (χ0n) is 14.9. The number of rotatable bonds is 5. The number of hydrogen-bond donors (Lipinski definition) is 1. The number of carbonyl (C=O) groups excluding carboxylic acids is 2. The fourth-order valence-corrected chi connectivity index (χ4v) is 4.44. The molecule has 1 amide bonds. The maximum absolute atomic E-state index is 12.7. The minimum absolute atomic E-state index is 0.293. The molecule has 1 aliphatic rings. The summed E-state index contributed by atoms with van der Waals surface area (Å²) in [6.45, 7) is 5.23. The fourth-order valence-electron chi connectivity index (χ4n) is 2.65. The summed E-state index contributed by atoms with van der Waals surface area (Å²) < 4.78 is 4.29. The van der Waals surface area contributed by atoms with Gasteiger partial charge in [-0.05, 0) is 44.9 Å². The maximum atomic E-state index is 12.7. The Morgan fingerprint density at radius 2 is 1.81 bits per heavy atom. The van der Waals surface area contributed by atoms with E-state index in [-0.39, 0.29) is 12.0 Å². The van der Waals surface area contributed by atoms with Crippen molar-refractivity contribution in [2.75, 3.05) is 5.32 Å². The molecule has 0 aliphatic heterocycles. The third kappa shape index (κ3) is 3.97. The summed E-state index contributed by atoms with van der Waals surface area (Å²) >= 11 is 19.4. The molecule has 0 unspecified atom stereocenters. The van der Waals surface area contributed by atoms with Gasteiger partial charge in [0.1, 0.15) is 14.9 Å². The van der Waals surface area contributed by atoms with E-state index in [4.69, 9.17) is 39.5 Å². The molecule has 0 spiro atoms. The van der Waals surface area contributed by atoms with E-state index in [2.05, 4.69) is 5.32 Å². The summed E-state index contributed by atoms with van der Waals surface area (Å²) in [5, 5.41) is 5.62. The second-order valence-electron chi connectivity index (χ2n) is 6.98. The van der Waals surface area contributed by atoms with Crippen LogP contribution in [0.3, 0.4) is 0 Å². The molecule has 1 aliphatic carbocycles. The number of halogens is 3. The highest BCUT2D eigenvalue weighted by atomic mass is 35.5. The Balaban J connectivity index is 1.97. The van der Waals surface area contributed by atoms with E-state index < -0.39 is 15.7 Å². The molecule has 0 saturated heterocycles. The van der Waals surface area contributed by atoms with Crippen LogP contribution in [0, 0.1) is 5.41 Å². The Morgan fingerprint density at radius 3 is 2.33 bits per heavy atom. The number of amides is 1. The van der Waals surface area contributed by atoms with Gasteiger partial charge in [0.05, 0.1) is 11.5 Å². The van der Waals surface area contributed by atoms with Crippen LogP contribution in [-0.2, 0) is 9.53 Å². The first kappa shape index (κ1) is 20.5. The Morgan fingerprint density at radius 1 is 1.22 bits per heavy atom. The molecular formula is C19H18Cl3NO3S. The van der Waals surface area contributed by atoms with Gasteiger partial charge in [0.15, 0.2) is 0 Å². The van der Waals surface area contributed by atoms with E-state index in [1.807, 2.05) is 12.1 Å². The van der Waals surface area contributed by atoms with Gasteiger partial charge in [-0.3, -0.25) is 4.79 Å². The number of hydrogen-bond acceptors (Lipinski definition) is 4. The molecule has 0 radical (unpaired) electrons. The molecule has 144 valence electrons. The van der Waals surface area contributed by atoms with Gasteiger partial charge in [-0.15, -0.1) is 34.5 Å². The van der Waals surface area contributed by atoms with Crippen LogP contribution in [0.15, 0.2) is 29.6 Å². The monoisotopic (exact) mass is 445 g/mol. The summed E-state index contributed by atoms with van der Waals surface area (Å²) in [7, 11) is 0. The first-order valence-corrected chi connectivity index (χ1v) is 10.3. The maximum Gasteiger partial charge on any atom is 0.342 e. The van der Waals surface area contributed by atoms with Crippen LogP contribution < -0.4 is 5.32 Å². The number of thiophene rings is 1. The third-order valence-corrected chi connectivity index (χ3v) is 6.73. The zero-order valence-corrected chi connectivity index (χ0v) is 18.0. The van der Waals surface area contributed by atoms with E-state index in [0.29, 0.717) is 27.6 Å². The average Bonchev–Trinajstić information content (AvgIpc) is 2.91. The van der Waals surface area contributed by atoms with Crippen molar-refractivity contribution in [1.29, 1.82) is 0 Å². The van der Waals surface area contributed by atoms with Crippen molar-refractivity contribution < 1.29 is 14.3 Å². The SMILES string of the molecule is CC(C)OC(=O)c1c(-c2ccc(Cl)cc2)csc1NC(=O)[C@]1(C)CC1(Cl)Cl. The van der Waals surface area contributed by atoms with E-state index in [0.717, 1.165) is 5.56 Å². The molecule has 8 heteroatoms. The Kier molecular flexibility index (Phi) is 5.52. The molecule has 1 aromatic heterocycles. The molecule has 1 atom stereocenters. The highest BCUT2D eigenvalue weighted by Crippen LogP contribution is 2.64. The minimum Gasteiger partial charge on any atom is -0.459 e. The lowest BCUT2D eigenvalue weighted by Crippen LogP contribution is -2.26. The Hall–Kier alpha value is -1.27. The predicted molar refractivity (Wildman–Crippen MR) is 111 cm³/mol. The summed E-state index contributed by atoms with van der Waals surface area (Å²) in [6, 6.07) is 7.11. The lowest BCUT2D eigenvalue weighted by Gasteiger charge is -2.14. The summed E-state index contributed by atoms with van der Waals surface area (Å²) in [4.78, 5) is 25.4. The smallest absolute Gasteiger partial charge is 0.342 e. The molecule has 4 nitrogen and oxygen atoms in total. The molecule has 27 heavy (non-hydrogen) atoms. The first-order chi connectivity index (χ1) is 12.5.